The Morgan fingerprint density at radius 2 is 2.04 bits per heavy atom. The van der Waals surface area contributed by atoms with Crippen molar-refractivity contribution in [1.82, 2.24) is 4.90 Å². The summed E-state index contributed by atoms with van der Waals surface area (Å²) >= 11 is 0. The van der Waals surface area contributed by atoms with Gasteiger partial charge in [-0.15, -0.1) is 0 Å². The first-order chi connectivity index (χ1) is 11.6. The van der Waals surface area contributed by atoms with E-state index in [1.807, 2.05) is 0 Å². The predicted molar refractivity (Wildman–Crippen MR) is 73.6 cm³/mol. The molecule has 1 aliphatic heterocycles. The summed E-state index contributed by atoms with van der Waals surface area (Å²) in [4.78, 5) is 12.7. The molecule has 1 unspecified atom stereocenters. The number of fused-ring (bicyclic) bond motifs is 1. The molecule has 0 fully saturated rings. The number of carbonyl (C=O) groups excluding carboxylic acids is 1. The minimum absolute atomic E-state index is 0.169. The first-order valence-electron chi connectivity index (χ1n) is 8.17. The lowest BCUT2D eigenvalue weighted by atomic mass is 10.0. The van der Waals surface area contributed by atoms with E-state index in [4.69, 9.17) is 13.6 Å². The molecule has 0 aliphatic carbocycles. The van der Waals surface area contributed by atoms with Crippen molar-refractivity contribution in [3.63, 3.8) is 0 Å². The van der Waals surface area contributed by atoms with Crippen LogP contribution in [0.15, 0.2) is 12.1 Å². The van der Waals surface area contributed by atoms with Gasteiger partial charge in [0.25, 0.3) is 0 Å². The Hall–Kier alpha value is -1.99. The van der Waals surface area contributed by atoms with Crippen LogP contribution in [0.5, 0.6) is 5.75 Å². The number of benzene rings is 1. The minimum atomic E-state index is -4.94. The molecule has 1 aromatic carbocycles. The molecule has 2 rings (SSSR count). The van der Waals surface area contributed by atoms with Crippen LogP contribution in [0.25, 0.3) is 0 Å². The van der Waals surface area contributed by atoms with Crippen molar-refractivity contribution >= 4 is 6.09 Å². The highest BCUT2D eigenvalue weighted by atomic mass is 19.4. The summed E-state index contributed by atoms with van der Waals surface area (Å²) in [5, 5.41) is 0. The zero-order chi connectivity index (χ0) is 20.1. The fourth-order valence-corrected chi connectivity index (χ4v) is 2.10. The average molecular weight is 338 g/mol. The van der Waals surface area contributed by atoms with Crippen molar-refractivity contribution in [3.05, 3.63) is 29.1 Å². The molecule has 0 aromatic heterocycles. The van der Waals surface area contributed by atoms with Gasteiger partial charge in [-0.3, -0.25) is 0 Å². The van der Waals surface area contributed by atoms with Gasteiger partial charge in [0, 0.05) is 16.7 Å². The molecule has 0 radical (unpaired) electrons. The number of hydrogen-bond donors (Lipinski definition) is 0. The van der Waals surface area contributed by atoms with Crippen LogP contribution in [0, 0.1) is 5.82 Å². The maximum atomic E-state index is 14.2. The minimum Gasteiger partial charge on any atom is -0.488 e. The quantitative estimate of drug-likeness (QED) is 0.722. The van der Waals surface area contributed by atoms with Crippen LogP contribution in [-0.4, -0.2) is 30.2 Å². The highest BCUT2D eigenvalue weighted by Gasteiger charge is 2.40. The molecule has 0 saturated heterocycles. The van der Waals surface area contributed by atoms with Gasteiger partial charge in [0.05, 0.1) is 11.6 Å². The van der Waals surface area contributed by atoms with E-state index in [9.17, 15) is 22.4 Å². The molecule has 0 saturated carbocycles. The van der Waals surface area contributed by atoms with Crippen LogP contribution >= 0.6 is 0 Å². The second kappa shape index (κ2) is 5.58. The molecule has 128 valence electrons. The molecular formula is C15H17F4NO3. The molecule has 8 heteroatoms. The van der Waals surface area contributed by atoms with E-state index in [1.165, 1.54) is 20.8 Å². The normalized spacial score (nSPS) is 20.0. The second-order valence-corrected chi connectivity index (χ2v) is 6.02. The van der Waals surface area contributed by atoms with E-state index < -0.39 is 54.6 Å². The third kappa shape index (κ3) is 3.51. The van der Waals surface area contributed by atoms with Gasteiger partial charge < -0.3 is 14.4 Å². The number of likely N-dealkylation sites (N-methyl/N-ethyl adjacent to an activating group) is 1. The number of alkyl halides is 3. The maximum absolute atomic E-state index is 14.2. The van der Waals surface area contributed by atoms with Crippen molar-refractivity contribution in [2.45, 2.75) is 38.6 Å². The smallest absolute Gasteiger partial charge is 0.419 e. The first-order valence-corrected chi connectivity index (χ1v) is 6.67. The van der Waals surface area contributed by atoms with E-state index in [-0.39, 0.29) is 5.56 Å². The fraction of sp³-hybridized carbons (Fsp3) is 0.533. The van der Waals surface area contributed by atoms with Gasteiger partial charge in [0.2, 0.25) is 0 Å². The lowest BCUT2D eigenvalue weighted by molar-refractivity contribution is -0.140. The van der Waals surface area contributed by atoms with Crippen molar-refractivity contribution in [1.29, 1.82) is 0 Å². The second-order valence-electron chi connectivity index (χ2n) is 6.02. The lowest BCUT2D eigenvalue weighted by Gasteiger charge is -2.28. The van der Waals surface area contributed by atoms with Crippen molar-refractivity contribution in [2.24, 2.45) is 0 Å². The standard InChI is InChI=1S/C15H17F4NO3/c1-14(2,3)23-13(21)20(4)10-7-22-12-8(10)5-6-9(11(12)16)15(17,18)19/h5-6,10H,7H2,1-4H3/i4D3. The molecule has 1 atom stereocenters. The van der Waals surface area contributed by atoms with Crippen LogP contribution in [0.3, 0.4) is 0 Å². The third-order valence-electron chi connectivity index (χ3n) is 3.08. The molecule has 1 heterocycles. The number of halogens is 4. The van der Waals surface area contributed by atoms with Crippen LogP contribution in [-0.2, 0) is 10.9 Å². The van der Waals surface area contributed by atoms with Gasteiger partial charge >= 0.3 is 12.3 Å². The third-order valence-corrected chi connectivity index (χ3v) is 3.08. The van der Waals surface area contributed by atoms with Crippen LogP contribution in [0.2, 0.25) is 0 Å². The van der Waals surface area contributed by atoms with Crippen LogP contribution in [0.4, 0.5) is 22.4 Å². The van der Waals surface area contributed by atoms with E-state index in [2.05, 4.69) is 0 Å². The Morgan fingerprint density at radius 1 is 1.39 bits per heavy atom. The molecule has 1 aromatic rings. The zero-order valence-electron chi connectivity index (χ0n) is 15.6. The fourth-order valence-electron chi connectivity index (χ4n) is 2.10. The number of rotatable bonds is 1. The van der Waals surface area contributed by atoms with Crippen LogP contribution in [0.1, 0.15) is 42.1 Å². The van der Waals surface area contributed by atoms with Crippen molar-refractivity contribution in [2.75, 3.05) is 13.6 Å². The number of carbonyl (C=O) groups is 1. The largest absolute Gasteiger partial charge is 0.488 e. The molecule has 0 spiro atoms. The van der Waals surface area contributed by atoms with E-state index in [1.54, 1.807) is 0 Å². The first kappa shape index (κ1) is 13.4. The van der Waals surface area contributed by atoms with E-state index in [0.29, 0.717) is 11.0 Å². The van der Waals surface area contributed by atoms with Gasteiger partial charge in [0.15, 0.2) is 11.6 Å². The van der Waals surface area contributed by atoms with Gasteiger partial charge in [-0.05, 0) is 26.8 Å². The summed E-state index contributed by atoms with van der Waals surface area (Å²) in [5.41, 5.74) is -2.71. The lowest BCUT2D eigenvalue weighted by Crippen LogP contribution is -2.37. The SMILES string of the molecule is [2H]C([2H])([2H])N(C(=O)OC(C)(C)C)C1COc2c1ccc(C(F)(F)F)c2F. The summed E-state index contributed by atoms with van der Waals surface area (Å²) in [6.07, 6.45) is -6.14. The Labute approximate surface area is 135 Å². The summed E-state index contributed by atoms with van der Waals surface area (Å²) in [6, 6.07) is 0.0779. The van der Waals surface area contributed by atoms with Crippen molar-refractivity contribution < 1.29 is 35.9 Å². The number of amides is 1. The molecule has 1 amide bonds. The molecule has 0 bridgehead atoms. The maximum Gasteiger partial charge on any atom is 0.419 e. The highest BCUT2D eigenvalue weighted by Crippen LogP contribution is 2.43. The topological polar surface area (TPSA) is 38.8 Å². The van der Waals surface area contributed by atoms with Gasteiger partial charge in [-0.1, -0.05) is 6.07 Å². The zero-order valence-corrected chi connectivity index (χ0v) is 12.6. The van der Waals surface area contributed by atoms with Gasteiger partial charge in [-0.25, -0.2) is 9.18 Å². The van der Waals surface area contributed by atoms with Crippen molar-refractivity contribution in [3.8, 4) is 5.75 Å². The number of nitrogens with zero attached hydrogens (tertiary/aromatic N) is 1. The van der Waals surface area contributed by atoms with Crippen LogP contribution < -0.4 is 4.74 Å². The van der Waals surface area contributed by atoms with E-state index >= 15 is 0 Å². The predicted octanol–water partition coefficient (Wildman–Crippen LogP) is 4.14. The molecular weight excluding hydrogens is 318 g/mol. The summed E-state index contributed by atoms with van der Waals surface area (Å²) < 4.78 is 85.3. The molecule has 0 N–H and O–H groups in total. The summed E-state index contributed by atoms with van der Waals surface area (Å²) in [5.74, 6) is -2.37. The highest BCUT2D eigenvalue weighted by molar-refractivity contribution is 5.69. The monoisotopic (exact) mass is 338 g/mol. The summed E-state index contributed by atoms with van der Waals surface area (Å²) in [7, 11) is 0. The molecule has 1 aliphatic rings. The van der Waals surface area contributed by atoms with Gasteiger partial charge in [0.1, 0.15) is 12.2 Å². The Balaban J connectivity index is 2.47. The molecule has 4 nitrogen and oxygen atoms in total. The Morgan fingerprint density at radius 3 is 2.57 bits per heavy atom. The Bertz CT molecular complexity index is 714. The molecule has 23 heavy (non-hydrogen) atoms. The Kier molecular flexibility index (Phi) is 3.26. The van der Waals surface area contributed by atoms with Gasteiger partial charge in [-0.2, -0.15) is 13.2 Å². The number of ether oxygens (including phenoxy) is 2. The average Bonchev–Trinajstić information content (AvgIpc) is 2.78. The van der Waals surface area contributed by atoms with E-state index in [0.717, 1.165) is 6.07 Å². The summed E-state index contributed by atoms with van der Waals surface area (Å²) in [6.45, 7) is 1.09. The number of hydrogen-bond acceptors (Lipinski definition) is 3.